The Morgan fingerprint density at radius 3 is 2.94 bits per heavy atom. The number of rotatable bonds is 6. The van der Waals surface area contributed by atoms with Crippen LogP contribution in [0, 0.1) is 5.92 Å². The Labute approximate surface area is 117 Å². The van der Waals surface area contributed by atoms with Crippen molar-refractivity contribution in [1.82, 2.24) is 9.97 Å². The zero-order valence-electron chi connectivity index (χ0n) is 10.8. The minimum atomic E-state index is 0.640. The molecule has 1 aliphatic rings. The van der Waals surface area contributed by atoms with Gasteiger partial charge in [-0.1, -0.05) is 19.8 Å². The van der Waals surface area contributed by atoms with Crippen LogP contribution in [0.1, 0.15) is 39.0 Å². The van der Waals surface area contributed by atoms with Crippen LogP contribution in [-0.4, -0.2) is 23.1 Å². The maximum absolute atomic E-state index is 5.80. The van der Waals surface area contributed by atoms with Gasteiger partial charge in [0.15, 0.2) is 0 Å². The van der Waals surface area contributed by atoms with Gasteiger partial charge in [-0.25, -0.2) is 4.98 Å². The summed E-state index contributed by atoms with van der Waals surface area (Å²) in [7, 11) is 0. The summed E-state index contributed by atoms with van der Waals surface area (Å²) in [5.74, 6) is 1.98. The molecule has 4 nitrogen and oxygen atoms in total. The van der Waals surface area contributed by atoms with E-state index in [0.717, 1.165) is 24.0 Å². The molecule has 1 aromatic rings. The Hall–Kier alpha value is -0.840. The van der Waals surface area contributed by atoms with Crippen molar-refractivity contribution in [2.75, 3.05) is 18.5 Å². The summed E-state index contributed by atoms with van der Waals surface area (Å²) in [4.78, 5) is 8.59. The first-order valence-electron chi connectivity index (χ1n) is 6.68. The summed E-state index contributed by atoms with van der Waals surface area (Å²) in [6.45, 7) is 3.76. The molecule has 1 aromatic heterocycles. The van der Waals surface area contributed by atoms with Crippen LogP contribution in [0.25, 0.3) is 0 Å². The number of halogens is 1. The standard InChI is InChI=1S/C13H20BrN3O/c1-2-7-15-13-16-8-11(14)12(17-13)18-9-10-5-3-4-6-10/h8,10H,2-7,9H2,1H3,(H,15,16,17). The lowest BCUT2D eigenvalue weighted by Crippen LogP contribution is -2.11. The van der Waals surface area contributed by atoms with E-state index in [1.54, 1.807) is 6.20 Å². The van der Waals surface area contributed by atoms with E-state index in [4.69, 9.17) is 4.74 Å². The molecular weight excluding hydrogens is 294 g/mol. The van der Waals surface area contributed by atoms with Crippen LogP contribution < -0.4 is 10.1 Å². The van der Waals surface area contributed by atoms with Gasteiger partial charge in [0.05, 0.1) is 17.3 Å². The average molecular weight is 314 g/mol. The van der Waals surface area contributed by atoms with Crippen molar-refractivity contribution in [2.24, 2.45) is 5.92 Å². The van der Waals surface area contributed by atoms with Crippen molar-refractivity contribution in [3.05, 3.63) is 10.7 Å². The number of anilines is 1. The van der Waals surface area contributed by atoms with Crippen LogP contribution in [0.4, 0.5) is 5.95 Å². The van der Waals surface area contributed by atoms with Crippen molar-refractivity contribution >= 4 is 21.9 Å². The Morgan fingerprint density at radius 1 is 1.44 bits per heavy atom. The van der Waals surface area contributed by atoms with Gasteiger partial charge in [-0.05, 0) is 41.1 Å². The van der Waals surface area contributed by atoms with E-state index in [0.29, 0.717) is 17.7 Å². The minimum absolute atomic E-state index is 0.640. The van der Waals surface area contributed by atoms with Crippen LogP contribution in [0.15, 0.2) is 10.7 Å². The third kappa shape index (κ3) is 3.83. The van der Waals surface area contributed by atoms with Gasteiger partial charge >= 0.3 is 0 Å². The fourth-order valence-corrected chi connectivity index (χ4v) is 2.45. The molecule has 0 aliphatic heterocycles. The van der Waals surface area contributed by atoms with Gasteiger partial charge in [0.25, 0.3) is 0 Å². The molecule has 1 saturated carbocycles. The Morgan fingerprint density at radius 2 is 2.22 bits per heavy atom. The minimum Gasteiger partial charge on any atom is -0.476 e. The van der Waals surface area contributed by atoms with Crippen molar-refractivity contribution < 1.29 is 4.74 Å². The molecule has 1 fully saturated rings. The lowest BCUT2D eigenvalue weighted by Gasteiger charge is -2.12. The van der Waals surface area contributed by atoms with E-state index >= 15 is 0 Å². The summed E-state index contributed by atoms with van der Waals surface area (Å²) in [6, 6.07) is 0. The number of hydrogen-bond acceptors (Lipinski definition) is 4. The van der Waals surface area contributed by atoms with Crippen LogP contribution in [-0.2, 0) is 0 Å². The molecule has 18 heavy (non-hydrogen) atoms. The molecule has 1 heterocycles. The molecule has 0 spiro atoms. The Bertz CT molecular complexity index is 380. The normalized spacial score (nSPS) is 15.9. The molecule has 0 saturated heterocycles. The molecule has 1 N–H and O–H groups in total. The topological polar surface area (TPSA) is 47.0 Å². The van der Waals surface area contributed by atoms with Crippen LogP contribution in [0.2, 0.25) is 0 Å². The summed E-state index contributed by atoms with van der Waals surface area (Å²) in [5, 5.41) is 3.17. The number of nitrogens with one attached hydrogen (secondary N) is 1. The monoisotopic (exact) mass is 313 g/mol. The summed E-state index contributed by atoms with van der Waals surface area (Å²) in [5.41, 5.74) is 0. The summed E-state index contributed by atoms with van der Waals surface area (Å²) < 4.78 is 6.63. The second kappa shape index (κ2) is 6.92. The molecule has 5 heteroatoms. The molecule has 0 bridgehead atoms. The highest BCUT2D eigenvalue weighted by Crippen LogP contribution is 2.27. The largest absolute Gasteiger partial charge is 0.476 e. The highest BCUT2D eigenvalue weighted by atomic mass is 79.9. The molecule has 0 radical (unpaired) electrons. The van der Waals surface area contributed by atoms with Crippen molar-refractivity contribution in [1.29, 1.82) is 0 Å². The van der Waals surface area contributed by atoms with Gasteiger partial charge in [-0.2, -0.15) is 4.98 Å². The maximum atomic E-state index is 5.80. The first-order chi connectivity index (χ1) is 8.79. The maximum Gasteiger partial charge on any atom is 0.232 e. The molecular formula is C13H20BrN3O. The van der Waals surface area contributed by atoms with Crippen LogP contribution >= 0.6 is 15.9 Å². The number of aromatic nitrogens is 2. The molecule has 1 aliphatic carbocycles. The first-order valence-corrected chi connectivity index (χ1v) is 7.48. The Balaban J connectivity index is 1.92. The van der Waals surface area contributed by atoms with Gasteiger partial charge < -0.3 is 10.1 Å². The molecule has 0 aromatic carbocycles. The zero-order valence-corrected chi connectivity index (χ0v) is 12.4. The van der Waals surface area contributed by atoms with Crippen molar-refractivity contribution in [2.45, 2.75) is 39.0 Å². The second-order valence-electron chi connectivity index (χ2n) is 4.73. The van der Waals surface area contributed by atoms with E-state index in [-0.39, 0.29) is 0 Å². The first kappa shape index (κ1) is 13.6. The highest BCUT2D eigenvalue weighted by Gasteiger charge is 2.16. The average Bonchev–Trinajstić information content (AvgIpc) is 2.89. The van der Waals surface area contributed by atoms with Gasteiger partial charge in [-0.3, -0.25) is 0 Å². The van der Waals surface area contributed by atoms with Gasteiger partial charge in [0.2, 0.25) is 11.8 Å². The predicted molar refractivity (Wildman–Crippen MR) is 76.0 cm³/mol. The molecule has 0 unspecified atom stereocenters. The number of nitrogens with zero attached hydrogens (tertiary/aromatic N) is 2. The quantitative estimate of drug-likeness (QED) is 0.871. The van der Waals surface area contributed by atoms with E-state index in [2.05, 4.69) is 38.1 Å². The Kier molecular flexibility index (Phi) is 5.23. The van der Waals surface area contributed by atoms with Crippen LogP contribution in [0.3, 0.4) is 0 Å². The third-order valence-electron chi connectivity index (χ3n) is 3.18. The lowest BCUT2D eigenvalue weighted by atomic mass is 10.1. The van der Waals surface area contributed by atoms with Gasteiger partial charge in [-0.15, -0.1) is 0 Å². The highest BCUT2D eigenvalue weighted by molar-refractivity contribution is 9.10. The molecule has 0 amide bonds. The molecule has 2 rings (SSSR count). The van der Waals surface area contributed by atoms with E-state index in [1.807, 2.05) is 0 Å². The van der Waals surface area contributed by atoms with E-state index < -0.39 is 0 Å². The third-order valence-corrected chi connectivity index (χ3v) is 3.72. The fourth-order valence-electron chi connectivity index (χ4n) is 2.15. The molecule has 100 valence electrons. The lowest BCUT2D eigenvalue weighted by molar-refractivity contribution is 0.242. The summed E-state index contributed by atoms with van der Waals surface area (Å²) >= 11 is 3.43. The molecule has 0 atom stereocenters. The fraction of sp³-hybridized carbons (Fsp3) is 0.692. The number of hydrogen-bond donors (Lipinski definition) is 1. The SMILES string of the molecule is CCCNc1ncc(Br)c(OCC2CCCC2)n1. The van der Waals surface area contributed by atoms with E-state index in [1.165, 1.54) is 25.7 Å². The smallest absolute Gasteiger partial charge is 0.232 e. The van der Waals surface area contributed by atoms with Gasteiger partial charge in [0, 0.05) is 6.54 Å². The van der Waals surface area contributed by atoms with Gasteiger partial charge in [0.1, 0.15) is 0 Å². The van der Waals surface area contributed by atoms with Crippen molar-refractivity contribution in [3.63, 3.8) is 0 Å². The number of ether oxygens (including phenoxy) is 1. The van der Waals surface area contributed by atoms with E-state index in [9.17, 15) is 0 Å². The zero-order chi connectivity index (χ0) is 12.8. The van der Waals surface area contributed by atoms with Crippen molar-refractivity contribution in [3.8, 4) is 5.88 Å². The second-order valence-corrected chi connectivity index (χ2v) is 5.59. The summed E-state index contributed by atoms with van der Waals surface area (Å²) in [6.07, 6.45) is 8.03. The van der Waals surface area contributed by atoms with Crippen LogP contribution in [0.5, 0.6) is 5.88 Å². The predicted octanol–water partition coefficient (Wildman–Crippen LogP) is 3.63.